The zero-order valence-corrected chi connectivity index (χ0v) is 11.3. The van der Waals surface area contributed by atoms with E-state index < -0.39 is 29.6 Å². The lowest BCUT2D eigenvalue weighted by Gasteiger charge is -2.22. The summed E-state index contributed by atoms with van der Waals surface area (Å²) in [4.78, 5) is 34.6. The van der Waals surface area contributed by atoms with Crippen molar-refractivity contribution in [1.29, 1.82) is 0 Å². The SMILES string of the molecule is CC1(O)CCN(C(=O)N[C@H](CCCC(=O)O)C(=O)O)C1. The summed E-state index contributed by atoms with van der Waals surface area (Å²) in [6, 6.07) is -1.67. The smallest absolute Gasteiger partial charge is 0.326 e. The molecule has 1 aliphatic rings. The van der Waals surface area contributed by atoms with Crippen molar-refractivity contribution in [1.82, 2.24) is 10.2 Å². The summed E-state index contributed by atoms with van der Waals surface area (Å²) in [5, 5.41) is 29.6. The van der Waals surface area contributed by atoms with E-state index in [2.05, 4.69) is 5.32 Å². The normalized spacial score (nSPS) is 23.4. The van der Waals surface area contributed by atoms with Gasteiger partial charge in [-0.05, 0) is 26.2 Å². The van der Waals surface area contributed by atoms with Crippen LogP contribution in [-0.2, 0) is 9.59 Å². The number of aliphatic carboxylic acids is 2. The van der Waals surface area contributed by atoms with E-state index in [1.165, 1.54) is 4.90 Å². The third kappa shape index (κ3) is 5.04. The first kappa shape index (κ1) is 16.2. The Morgan fingerprint density at radius 1 is 1.35 bits per heavy atom. The van der Waals surface area contributed by atoms with E-state index in [0.717, 1.165) is 0 Å². The van der Waals surface area contributed by atoms with Gasteiger partial charge in [-0.15, -0.1) is 0 Å². The van der Waals surface area contributed by atoms with Gasteiger partial charge in [0.05, 0.1) is 12.1 Å². The third-order valence-corrected chi connectivity index (χ3v) is 3.22. The van der Waals surface area contributed by atoms with Crippen LogP contribution in [0, 0.1) is 0 Å². The van der Waals surface area contributed by atoms with Gasteiger partial charge in [-0.1, -0.05) is 0 Å². The third-order valence-electron chi connectivity index (χ3n) is 3.22. The molecule has 1 aliphatic heterocycles. The van der Waals surface area contributed by atoms with Crippen LogP contribution in [0.25, 0.3) is 0 Å². The molecule has 0 radical (unpaired) electrons. The van der Waals surface area contributed by atoms with Crippen LogP contribution in [0.1, 0.15) is 32.6 Å². The maximum atomic E-state index is 11.9. The number of urea groups is 1. The number of hydrogen-bond acceptors (Lipinski definition) is 4. The molecule has 0 spiro atoms. The largest absolute Gasteiger partial charge is 0.481 e. The number of β-amino-alcohol motifs (C(OH)–C–C–N with tert-alkyl or cyclic N) is 1. The molecule has 8 heteroatoms. The number of aliphatic hydroxyl groups is 1. The highest BCUT2D eigenvalue weighted by molar-refractivity contribution is 5.82. The van der Waals surface area contributed by atoms with Crippen molar-refractivity contribution < 1.29 is 29.7 Å². The van der Waals surface area contributed by atoms with Gasteiger partial charge in [0, 0.05) is 13.0 Å². The molecule has 20 heavy (non-hydrogen) atoms. The number of carboxylic acid groups (broad SMARTS) is 2. The Balaban J connectivity index is 2.47. The second-order valence-electron chi connectivity index (χ2n) is 5.29. The average Bonchev–Trinajstić information content (AvgIpc) is 2.67. The Kier molecular flexibility index (Phi) is 5.32. The highest BCUT2D eigenvalue weighted by Gasteiger charge is 2.35. The Bertz CT molecular complexity index is 395. The van der Waals surface area contributed by atoms with Gasteiger partial charge < -0.3 is 25.5 Å². The van der Waals surface area contributed by atoms with Crippen LogP contribution in [0.5, 0.6) is 0 Å². The number of nitrogens with one attached hydrogen (secondary N) is 1. The quantitative estimate of drug-likeness (QED) is 0.539. The van der Waals surface area contributed by atoms with Crippen LogP contribution in [0.3, 0.4) is 0 Å². The number of hydrogen-bond donors (Lipinski definition) is 4. The number of carbonyl (C=O) groups is 3. The highest BCUT2D eigenvalue weighted by atomic mass is 16.4. The molecule has 4 N–H and O–H groups in total. The Morgan fingerprint density at radius 2 is 2.00 bits per heavy atom. The summed E-state index contributed by atoms with van der Waals surface area (Å²) >= 11 is 0. The van der Waals surface area contributed by atoms with E-state index in [9.17, 15) is 19.5 Å². The number of rotatable bonds is 6. The average molecular weight is 288 g/mol. The molecule has 1 rings (SSSR count). The van der Waals surface area contributed by atoms with Gasteiger partial charge in [-0.2, -0.15) is 0 Å². The van der Waals surface area contributed by atoms with Gasteiger partial charge in [0.1, 0.15) is 6.04 Å². The van der Waals surface area contributed by atoms with Crippen molar-refractivity contribution in [3.63, 3.8) is 0 Å². The molecule has 0 aromatic rings. The maximum absolute atomic E-state index is 11.9. The second kappa shape index (κ2) is 6.56. The van der Waals surface area contributed by atoms with Crippen LogP contribution in [0.15, 0.2) is 0 Å². The minimum atomic E-state index is -1.20. The molecule has 1 unspecified atom stereocenters. The zero-order valence-electron chi connectivity index (χ0n) is 11.3. The summed E-state index contributed by atoms with van der Waals surface area (Å²) < 4.78 is 0. The van der Waals surface area contributed by atoms with Crippen molar-refractivity contribution in [2.75, 3.05) is 13.1 Å². The van der Waals surface area contributed by atoms with Crippen molar-refractivity contribution in [3.05, 3.63) is 0 Å². The van der Waals surface area contributed by atoms with Crippen LogP contribution in [0.4, 0.5) is 4.79 Å². The summed E-state index contributed by atoms with van der Waals surface area (Å²) in [5.74, 6) is -2.20. The second-order valence-corrected chi connectivity index (χ2v) is 5.29. The van der Waals surface area contributed by atoms with E-state index >= 15 is 0 Å². The van der Waals surface area contributed by atoms with Crippen molar-refractivity contribution in [2.24, 2.45) is 0 Å². The number of carboxylic acids is 2. The van der Waals surface area contributed by atoms with Crippen LogP contribution >= 0.6 is 0 Å². The molecular weight excluding hydrogens is 268 g/mol. The highest BCUT2D eigenvalue weighted by Crippen LogP contribution is 2.20. The molecule has 0 saturated carbocycles. The fourth-order valence-electron chi connectivity index (χ4n) is 2.07. The predicted molar refractivity (Wildman–Crippen MR) is 68.3 cm³/mol. The van der Waals surface area contributed by atoms with E-state index in [4.69, 9.17) is 10.2 Å². The summed E-state index contributed by atoms with van der Waals surface area (Å²) in [6.45, 7) is 2.13. The standard InChI is InChI=1S/C12H20N2O6/c1-12(20)5-6-14(7-12)11(19)13-8(10(17)18)3-2-4-9(15)16/h8,20H,2-7H2,1H3,(H,13,19)(H,15,16)(H,17,18)/t8-,12?/m1/s1. The van der Waals surface area contributed by atoms with E-state index in [1.54, 1.807) is 6.92 Å². The molecule has 0 aromatic heterocycles. The Hall–Kier alpha value is -1.83. The molecule has 1 fully saturated rings. The molecule has 114 valence electrons. The van der Waals surface area contributed by atoms with Gasteiger partial charge in [-0.3, -0.25) is 4.79 Å². The molecule has 8 nitrogen and oxygen atoms in total. The molecular formula is C12H20N2O6. The van der Waals surface area contributed by atoms with Gasteiger partial charge in [0.2, 0.25) is 0 Å². The fraction of sp³-hybridized carbons (Fsp3) is 0.750. The first-order valence-electron chi connectivity index (χ1n) is 6.44. The van der Waals surface area contributed by atoms with Crippen LogP contribution in [-0.4, -0.2) is 62.9 Å². The zero-order chi connectivity index (χ0) is 15.3. The molecule has 0 aliphatic carbocycles. The van der Waals surface area contributed by atoms with Crippen LogP contribution in [0.2, 0.25) is 0 Å². The van der Waals surface area contributed by atoms with Gasteiger partial charge in [0.15, 0.2) is 0 Å². The molecule has 1 saturated heterocycles. The number of amides is 2. The molecule has 0 bridgehead atoms. The first-order valence-corrected chi connectivity index (χ1v) is 6.44. The van der Waals surface area contributed by atoms with Crippen molar-refractivity contribution >= 4 is 18.0 Å². The first-order chi connectivity index (χ1) is 9.21. The lowest BCUT2D eigenvalue weighted by atomic mass is 10.1. The van der Waals surface area contributed by atoms with Gasteiger partial charge >= 0.3 is 18.0 Å². The fourth-order valence-corrected chi connectivity index (χ4v) is 2.07. The number of carbonyl (C=O) groups excluding carboxylic acids is 1. The van der Waals surface area contributed by atoms with Crippen molar-refractivity contribution in [3.8, 4) is 0 Å². The van der Waals surface area contributed by atoms with E-state index in [-0.39, 0.29) is 25.8 Å². The molecule has 2 amide bonds. The predicted octanol–water partition coefficient (Wildman–Crippen LogP) is -0.139. The Morgan fingerprint density at radius 3 is 2.45 bits per heavy atom. The lowest BCUT2D eigenvalue weighted by molar-refractivity contribution is -0.140. The summed E-state index contributed by atoms with van der Waals surface area (Å²) in [6.07, 6.45) is 0.525. The molecule has 1 heterocycles. The van der Waals surface area contributed by atoms with Crippen LogP contribution < -0.4 is 5.32 Å². The monoisotopic (exact) mass is 288 g/mol. The van der Waals surface area contributed by atoms with Gasteiger partial charge in [0.25, 0.3) is 0 Å². The lowest BCUT2D eigenvalue weighted by Crippen LogP contribution is -2.48. The molecule has 0 aromatic carbocycles. The van der Waals surface area contributed by atoms with E-state index in [0.29, 0.717) is 13.0 Å². The summed E-state index contributed by atoms with van der Waals surface area (Å²) in [7, 11) is 0. The minimum Gasteiger partial charge on any atom is -0.481 e. The maximum Gasteiger partial charge on any atom is 0.326 e. The Labute approximate surface area is 116 Å². The molecule has 2 atom stereocenters. The summed E-state index contributed by atoms with van der Waals surface area (Å²) in [5.41, 5.74) is -0.945. The topological polar surface area (TPSA) is 127 Å². The van der Waals surface area contributed by atoms with Crippen molar-refractivity contribution in [2.45, 2.75) is 44.2 Å². The minimum absolute atomic E-state index is 0.0532. The van der Waals surface area contributed by atoms with E-state index in [1.807, 2.05) is 0 Å². The van der Waals surface area contributed by atoms with Gasteiger partial charge in [-0.25, -0.2) is 9.59 Å². The number of likely N-dealkylation sites (tertiary alicyclic amines) is 1. The number of nitrogens with zero attached hydrogens (tertiary/aromatic N) is 1.